The summed E-state index contributed by atoms with van der Waals surface area (Å²) >= 11 is -1.70. The summed E-state index contributed by atoms with van der Waals surface area (Å²) in [6.07, 6.45) is 2.20. The van der Waals surface area contributed by atoms with Crippen LogP contribution in [-0.2, 0) is 9.47 Å². The molecule has 0 bridgehead atoms. The van der Waals surface area contributed by atoms with E-state index in [0.717, 1.165) is 13.2 Å². The van der Waals surface area contributed by atoms with Gasteiger partial charge in [-0.05, 0) is 0 Å². The zero-order valence-corrected chi connectivity index (χ0v) is 11.9. The first-order chi connectivity index (χ1) is 6.25. The SMILES string of the molecule is CC1(C)COC2(C=[C]2[Ge]([CH3])([CH3])[CH3])OC1. The van der Waals surface area contributed by atoms with E-state index in [4.69, 9.17) is 9.47 Å². The van der Waals surface area contributed by atoms with Crippen molar-refractivity contribution in [2.75, 3.05) is 13.2 Å². The van der Waals surface area contributed by atoms with E-state index in [2.05, 4.69) is 37.2 Å². The molecule has 2 aliphatic rings. The van der Waals surface area contributed by atoms with Gasteiger partial charge in [0.05, 0.1) is 0 Å². The molecule has 1 saturated heterocycles. The summed E-state index contributed by atoms with van der Waals surface area (Å²) in [6, 6.07) is 0. The molecular formula is C11H20GeO2. The molecular weight excluding hydrogens is 237 g/mol. The van der Waals surface area contributed by atoms with Crippen LogP contribution in [0.25, 0.3) is 0 Å². The third-order valence-electron chi connectivity index (χ3n) is 2.79. The Morgan fingerprint density at radius 1 is 1.14 bits per heavy atom. The van der Waals surface area contributed by atoms with Gasteiger partial charge < -0.3 is 0 Å². The Balaban J connectivity index is 2.00. The Morgan fingerprint density at radius 2 is 1.64 bits per heavy atom. The van der Waals surface area contributed by atoms with Crippen LogP contribution in [0.5, 0.6) is 0 Å². The van der Waals surface area contributed by atoms with Gasteiger partial charge in [0.15, 0.2) is 0 Å². The Kier molecular flexibility index (Phi) is 2.19. The fraction of sp³-hybridized carbons (Fsp3) is 0.818. The Bertz CT molecular complexity index is 276. The molecule has 0 unspecified atom stereocenters. The summed E-state index contributed by atoms with van der Waals surface area (Å²) < 4.78 is 13.2. The van der Waals surface area contributed by atoms with E-state index in [1.807, 2.05) is 0 Å². The van der Waals surface area contributed by atoms with E-state index in [9.17, 15) is 0 Å². The van der Waals surface area contributed by atoms with E-state index in [0.29, 0.717) is 0 Å². The van der Waals surface area contributed by atoms with E-state index in [-0.39, 0.29) is 11.2 Å². The van der Waals surface area contributed by atoms with Crippen LogP contribution in [0.4, 0.5) is 0 Å². The van der Waals surface area contributed by atoms with E-state index < -0.39 is 13.3 Å². The zero-order chi connectivity index (χ0) is 10.6. The monoisotopic (exact) mass is 258 g/mol. The zero-order valence-electron chi connectivity index (χ0n) is 9.81. The Hall–Kier alpha value is 0.203. The average Bonchev–Trinajstić information content (AvgIpc) is 2.72. The molecule has 1 fully saturated rings. The summed E-state index contributed by atoms with van der Waals surface area (Å²) in [5, 5.41) is 0. The molecule has 3 heteroatoms. The van der Waals surface area contributed by atoms with Crippen LogP contribution in [0.3, 0.4) is 0 Å². The summed E-state index contributed by atoms with van der Waals surface area (Å²) in [5.41, 5.74) is 0.178. The average molecular weight is 257 g/mol. The van der Waals surface area contributed by atoms with Gasteiger partial charge in [-0.2, -0.15) is 0 Å². The third kappa shape index (κ3) is 1.80. The van der Waals surface area contributed by atoms with Crippen LogP contribution in [0.2, 0.25) is 17.3 Å². The van der Waals surface area contributed by atoms with Crippen LogP contribution in [0.1, 0.15) is 13.8 Å². The first-order valence-electron chi connectivity index (χ1n) is 5.27. The van der Waals surface area contributed by atoms with Gasteiger partial charge in [-0.15, -0.1) is 0 Å². The molecule has 0 N–H and O–H groups in total. The van der Waals surface area contributed by atoms with Crippen molar-refractivity contribution in [1.29, 1.82) is 0 Å². The van der Waals surface area contributed by atoms with Crippen molar-refractivity contribution < 1.29 is 9.47 Å². The molecule has 1 aliphatic carbocycles. The quantitative estimate of drug-likeness (QED) is 0.672. The van der Waals surface area contributed by atoms with Gasteiger partial charge in [0.2, 0.25) is 0 Å². The normalized spacial score (nSPS) is 28.8. The van der Waals surface area contributed by atoms with Gasteiger partial charge in [-0.1, -0.05) is 0 Å². The maximum absolute atomic E-state index is 5.86. The van der Waals surface area contributed by atoms with Crippen molar-refractivity contribution in [3.63, 3.8) is 0 Å². The molecule has 0 radical (unpaired) electrons. The van der Waals surface area contributed by atoms with Crippen LogP contribution in [-0.4, -0.2) is 32.3 Å². The van der Waals surface area contributed by atoms with E-state index in [1.54, 1.807) is 0 Å². The second-order valence-corrected chi connectivity index (χ2v) is 16.8. The molecule has 0 aromatic rings. The van der Waals surface area contributed by atoms with Crippen LogP contribution < -0.4 is 0 Å². The first-order valence-corrected chi connectivity index (χ1v) is 12.6. The molecule has 2 rings (SSSR count). The van der Waals surface area contributed by atoms with E-state index >= 15 is 0 Å². The van der Waals surface area contributed by atoms with Crippen molar-refractivity contribution in [3.8, 4) is 0 Å². The topological polar surface area (TPSA) is 18.5 Å². The maximum atomic E-state index is 5.86. The summed E-state index contributed by atoms with van der Waals surface area (Å²) in [7, 11) is 0. The molecule has 0 aromatic heterocycles. The standard InChI is InChI=1S/C11H20GeO2/c1-10(2)7-13-11(14-8-10)6-9(11)12(3,4)5/h6H,7-8H2,1-5H3. The molecule has 14 heavy (non-hydrogen) atoms. The number of ether oxygens (including phenoxy) is 2. The van der Waals surface area contributed by atoms with Crippen molar-refractivity contribution in [2.24, 2.45) is 5.41 Å². The molecule has 1 heterocycles. The fourth-order valence-electron chi connectivity index (χ4n) is 1.82. The fourth-order valence-corrected chi connectivity index (χ4v) is 5.62. The minimum atomic E-state index is -1.70. The van der Waals surface area contributed by atoms with Gasteiger partial charge in [-0.3, -0.25) is 0 Å². The predicted molar refractivity (Wildman–Crippen MR) is 59.8 cm³/mol. The Labute approximate surface area is 89.0 Å². The Morgan fingerprint density at radius 3 is 2.00 bits per heavy atom. The number of hydrogen-bond acceptors (Lipinski definition) is 2. The van der Waals surface area contributed by atoms with Crippen LogP contribution in [0, 0.1) is 5.41 Å². The van der Waals surface area contributed by atoms with Gasteiger partial charge in [0, 0.05) is 0 Å². The molecule has 0 atom stereocenters. The van der Waals surface area contributed by atoms with Gasteiger partial charge in [-0.25, -0.2) is 0 Å². The predicted octanol–water partition coefficient (Wildman–Crippen LogP) is 2.57. The van der Waals surface area contributed by atoms with E-state index in [1.165, 1.54) is 4.41 Å². The van der Waals surface area contributed by atoms with Gasteiger partial charge in [0.1, 0.15) is 0 Å². The molecule has 1 aliphatic heterocycles. The van der Waals surface area contributed by atoms with Gasteiger partial charge >= 0.3 is 88.8 Å². The van der Waals surface area contributed by atoms with Crippen molar-refractivity contribution >= 4 is 13.3 Å². The van der Waals surface area contributed by atoms with Gasteiger partial charge in [0.25, 0.3) is 0 Å². The number of rotatable bonds is 1. The van der Waals surface area contributed by atoms with Crippen molar-refractivity contribution in [2.45, 2.75) is 36.9 Å². The molecule has 0 aromatic carbocycles. The number of hydrogen-bond donors (Lipinski definition) is 0. The minimum absolute atomic E-state index is 0.178. The third-order valence-corrected chi connectivity index (χ3v) is 7.21. The van der Waals surface area contributed by atoms with Crippen molar-refractivity contribution in [1.82, 2.24) is 0 Å². The van der Waals surface area contributed by atoms with Crippen LogP contribution in [0.15, 0.2) is 10.5 Å². The molecule has 0 amide bonds. The van der Waals surface area contributed by atoms with Crippen molar-refractivity contribution in [3.05, 3.63) is 10.5 Å². The second kappa shape index (κ2) is 2.86. The summed E-state index contributed by atoms with van der Waals surface area (Å²) in [6.45, 7) is 5.98. The summed E-state index contributed by atoms with van der Waals surface area (Å²) in [5.74, 6) is 6.81. The molecule has 0 saturated carbocycles. The second-order valence-electron chi connectivity index (χ2n) is 6.22. The molecule has 1 spiro atoms. The first kappa shape index (κ1) is 10.7. The molecule has 2 nitrogen and oxygen atoms in total. The summed E-state index contributed by atoms with van der Waals surface area (Å²) in [4.78, 5) is 0. The van der Waals surface area contributed by atoms with Crippen LogP contribution >= 0.6 is 0 Å². The molecule has 80 valence electrons.